The standard InChI is InChI=1S/C16H16N4O/c1-21-13-9-5-8-12(10-13)15-18-16(20-19-15)14(17)11-6-3-2-4-7-11/h2-10,14H,17H2,1H3,(H,18,19,20)/t14-/m1/s1. The number of aromatic amines is 1. The first-order valence-corrected chi connectivity index (χ1v) is 6.65. The van der Waals surface area contributed by atoms with Crippen molar-refractivity contribution in [3.63, 3.8) is 0 Å². The van der Waals surface area contributed by atoms with E-state index in [9.17, 15) is 0 Å². The second kappa shape index (κ2) is 5.76. The lowest BCUT2D eigenvalue weighted by molar-refractivity contribution is 0.415. The Hall–Kier alpha value is -2.66. The van der Waals surface area contributed by atoms with E-state index in [1.807, 2.05) is 54.6 Å². The van der Waals surface area contributed by atoms with Crippen LogP contribution in [0.5, 0.6) is 5.75 Å². The number of rotatable bonds is 4. The first kappa shape index (κ1) is 13.3. The number of methoxy groups -OCH3 is 1. The monoisotopic (exact) mass is 280 g/mol. The molecule has 0 amide bonds. The topological polar surface area (TPSA) is 76.8 Å². The van der Waals surface area contributed by atoms with E-state index in [1.165, 1.54) is 0 Å². The Morgan fingerprint density at radius 1 is 1.10 bits per heavy atom. The van der Waals surface area contributed by atoms with Crippen molar-refractivity contribution in [3.8, 4) is 17.1 Å². The van der Waals surface area contributed by atoms with Crippen LogP contribution in [0.4, 0.5) is 0 Å². The molecule has 106 valence electrons. The first-order chi connectivity index (χ1) is 10.3. The van der Waals surface area contributed by atoms with E-state index in [0.717, 1.165) is 16.9 Å². The van der Waals surface area contributed by atoms with Crippen molar-refractivity contribution in [1.82, 2.24) is 15.2 Å². The molecule has 1 atom stereocenters. The number of benzene rings is 2. The number of hydrogen-bond acceptors (Lipinski definition) is 4. The van der Waals surface area contributed by atoms with Crippen LogP contribution in [0.3, 0.4) is 0 Å². The molecule has 5 heteroatoms. The molecule has 0 aliphatic heterocycles. The molecular weight excluding hydrogens is 264 g/mol. The summed E-state index contributed by atoms with van der Waals surface area (Å²) in [7, 11) is 1.63. The van der Waals surface area contributed by atoms with Gasteiger partial charge in [0.1, 0.15) is 11.6 Å². The Labute approximate surface area is 122 Å². The molecule has 0 bridgehead atoms. The maximum absolute atomic E-state index is 6.21. The zero-order valence-corrected chi connectivity index (χ0v) is 11.7. The van der Waals surface area contributed by atoms with Gasteiger partial charge in [-0.15, -0.1) is 0 Å². The predicted molar refractivity (Wildman–Crippen MR) is 80.8 cm³/mol. The normalized spacial score (nSPS) is 12.1. The minimum absolute atomic E-state index is 0.321. The third-order valence-corrected chi connectivity index (χ3v) is 3.28. The molecule has 2 aromatic carbocycles. The van der Waals surface area contributed by atoms with Crippen LogP contribution in [-0.2, 0) is 0 Å². The summed E-state index contributed by atoms with van der Waals surface area (Å²) < 4.78 is 5.21. The lowest BCUT2D eigenvalue weighted by Crippen LogP contribution is -2.13. The van der Waals surface area contributed by atoms with Gasteiger partial charge in [-0.2, -0.15) is 5.10 Å². The molecule has 3 rings (SSSR count). The molecule has 0 saturated heterocycles. The van der Waals surface area contributed by atoms with Crippen molar-refractivity contribution >= 4 is 0 Å². The SMILES string of the molecule is COc1cccc(-c2n[nH]c([C@H](N)c3ccccc3)n2)c1. The van der Waals surface area contributed by atoms with E-state index in [0.29, 0.717) is 11.6 Å². The summed E-state index contributed by atoms with van der Waals surface area (Å²) in [6, 6.07) is 17.1. The number of nitrogens with two attached hydrogens (primary N) is 1. The number of nitrogens with zero attached hydrogens (tertiary/aromatic N) is 2. The molecule has 1 aromatic heterocycles. The van der Waals surface area contributed by atoms with Crippen molar-refractivity contribution in [2.24, 2.45) is 5.73 Å². The fraction of sp³-hybridized carbons (Fsp3) is 0.125. The Morgan fingerprint density at radius 3 is 2.67 bits per heavy atom. The van der Waals surface area contributed by atoms with E-state index >= 15 is 0 Å². The van der Waals surface area contributed by atoms with Gasteiger partial charge in [-0.3, -0.25) is 5.10 Å². The van der Waals surface area contributed by atoms with Gasteiger partial charge in [-0.1, -0.05) is 42.5 Å². The van der Waals surface area contributed by atoms with Crippen LogP contribution in [0.25, 0.3) is 11.4 Å². The summed E-state index contributed by atoms with van der Waals surface area (Å²) in [5.41, 5.74) is 8.08. The van der Waals surface area contributed by atoms with Crippen LogP contribution in [0.1, 0.15) is 17.4 Å². The van der Waals surface area contributed by atoms with Crippen molar-refractivity contribution in [3.05, 3.63) is 66.0 Å². The maximum atomic E-state index is 6.21. The Balaban J connectivity index is 1.89. The first-order valence-electron chi connectivity index (χ1n) is 6.65. The number of nitrogens with one attached hydrogen (secondary N) is 1. The summed E-state index contributed by atoms with van der Waals surface area (Å²) in [5.74, 6) is 2.01. The van der Waals surface area contributed by atoms with E-state index < -0.39 is 0 Å². The van der Waals surface area contributed by atoms with Crippen molar-refractivity contribution < 1.29 is 4.74 Å². The van der Waals surface area contributed by atoms with Crippen LogP contribution in [-0.4, -0.2) is 22.3 Å². The lowest BCUT2D eigenvalue weighted by Gasteiger charge is -2.07. The molecule has 1 heterocycles. The molecule has 5 nitrogen and oxygen atoms in total. The largest absolute Gasteiger partial charge is 0.497 e. The molecule has 0 fully saturated rings. The molecule has 0 aliphatic rings. The van der Waals surface area contributed by atoms with Crippen LogP contribution < -0.4 is 10.5 Å². The van der Waals surface area contributed by atoms with Crippen LogP contribution in [0.2, 0.25) is 0 Å². The Kier molecular flexibility index (Phi) is 3.66. The summed E-state index contributed by atoms with van der Waals surface area (Å²) in [6.07, 6.45) is 0. The summed E-state index contributed by atoms with van der Waals surface area (Å²) >= 11 is 0. The zero-order chi connectivity index (χ0) is 14.7. The highest BCUT2D eigenvalue weighted by Gasteiger charge is 2.14. The minimum atomic E-state index is -0.321. The predicted octanol–water partition coefficient (Wildman–Crippen LogP) is 2.53. The number of H-pyrrole nitrogens is 1. The molecule has 3 aromatic rings. The zero-order valence-electron chi connectivity index (χ0n) is 11.7. The number of hydrogen-bond donors (Lipinski definition) is 2. The fourth-order valence-corrected chi connectivity index (χ4v) is 2.12. The molecular formula is C16H16N4O. The quantitative estimate of drug-likeness (QED) is 0.770. The van der Waals surface area contributed by atoms with E-state index in [1.54, 1.807) is 7.11 Å². The molecule has 0 aliphatic carbocycles. The van der Waals surface area contributed by atoms with E-state index in [2.05, 4.69) is 15.2 Å². The van der Waals surface area contributed by atoms with Crippen molar-refractivity contribution in [1.29, 1.82) is 0 Å². The Bertz CT molecular complexity index is 724. The third-order valence-electron chi connectivity index (χ3n) is 3.28. The molecule has 3 N–H and O–H groups in total. The third kappa shape index (κ3) is 2.78. The molecule has 0 spiro atoms. The Morgan fingerprint density at radius 2 is 1.90 bits per heavy atom. The number of ether oxygens (including phenoxy) is 1. The van der Waals surface area contributed by atoms with Gasteiger partial charge >= 0.3 is 0 Å². The van der Waals surface area contributed by atoms with Crippen LogP contribution in [0.15, 0.2) is 54.6 Å². The van der Waals surface area contributed by atoms with Gasteiger partial charge in [0, 0.05) is 5.56 Å². The second-order valence-corrected chi connectivity index (χ2v) is 4.66. The van der Waals surface area contributed by atoms with Crippen LogP contribution >= 0.6 is 0 Å². The van der Waals surface area contributed by atoms with Gasteiger partial charge in [0.2, 0.25) is 0 Å². The minimum Gasteiger partial charge on any atom is -0.497 e. The number of aromatic nitrogens is 3. The average Bonchev–Trinajstić information content (AvgIpc) is 3.05. The second-order valence-electron chi connectivity index (χ2n) is 4.66. The van der Waals surface area contributed by atoms with Crippen LogP contribution in [0, 0.1) is 0 Å². The van der Waals surface area contributed by atoms with Gasteiger partial charge in [-0.05, 0) is 17.7 Å². The van der Waals surface area contributed by atoms with Crippen molar-refractivity contribution in [2.75, 3.05) is 7.11 Å². The lowest BCUT2D eigenvalue weighted by atomic mass is 10.1. The maximum Gasteiger partial charge on any atom is 0.181 e. The average molecular weight is 280 g/mol. The molecule has 0 unspecified atom stereocenters. The van der Waals surface area contributed by atoms with Gasteiger partial charge in [0.05, 0.1) is 13.2 Å². The van der Waals surface area contributed by atoms with Gasteiger partial charge in [0.25, 0.3) is 0 Å². The molecule has 21 heavy (non-hydrogen) atoms. The summed E-state index contributed by atoms with van der Waals surface area (Å²) in [5, 5.41) is 7.15. The summed E-state index contributed by atoms with van der Waals surface area (Å²) in [6.45, 7) is 0. The smallest absolute Gasteiger partial charge is 0.181 e. The van der Waals surface area contributed by atoms with Gasteiger partial charge in [-0.25, -0.2) is 4.98 Å². The van der Waals surface area contributed by atoms with Crippen molar-refractivity contribution in [2.45, 2.75) is 6.04 Å². The van der Waals surface area contributed by atoms with E-state index in [4.69, 9.17) is 10.5 Å². The van der Waals surface area contributed by atoms with Gasteiger partial charge < -0.3 is 10.5 Å². The molecule has 0 saturated carbocycles. The fourth-order valence-electron chi connectivity index (χ4n) is 2.12. The van der Waals surface area contributed by atoms with Gasteiger partial charge in [0.15, 0.2) is 5.82 Å². The highest BCUT2D eigenvalue weighted by Crippen LogP contribution is 2.22. The van der Waals surface area contributed by atoms with E-state index in [-0.39, 0.29) is 6.04 Å². The summed E-state index contributed by atoms with van der Waals surface area (Å²) in [4.78, 5) is 4.48. The highest BCUT2D eigenvalue weighted by atomic mass is 16.5. The highest BCUT2D eigenvalue weighted by molar-refractivity contribution is 5.57. The molecule has 0 radical (unpaired) electrons.